The van der Waals surface area contributed by atoms with Crippen molar-refractivity contribution in [3.05, 3.63) is 18.2 Å². The van der Waals surface area contributed by atoms with Gasteiger partial charge in [-0.15, -0.1) is 0 Å². The van der Waals surface area contributed by atoms with Crippen molar-refractivity contribution in [1.29, 1.82) is 0 Å². The number of benzene rings is 1. The van der Waals surface area contributed by atoms with Gasteiger partial charge in [0.05, 0.1) is 17.1 Å². The minimum Gasteiger partial charge on any atom is -0.490 e. The van der Waals surface area contributed by atoms with Crippen LogP contribution in [0.4, 0.5) is 5.69 Å². The van der Waals surface area contributed by atoms with Crippen molar-refractivity contribution in [2.45, 2.75) is 50.1 Å². The lowest BCUT2D eigenvalue weighted by molar-refractivity contribution is 0.204. The number of fused-ring (bicyclic) bond motifs is 1. The molecule has 122 valence electrons. The maximum atomic E-state index is 13.1. The molecule has 0 radical (unpaired) electrons. The van der Waals surface area contributed by atoms with Crippen LogP contribution in [0.25, 0.3) is 0 Å². The van der Waals surface area contributed by atoms with Crippen molar-refractivity contribution in [2.24, 2.45) is 0 Å². The summed E-state index contributed by atoms with van der Waals surface area (Å²) in [7, 11) is -1.50. The molecule has 2 aliphatic rings. The Kier molecular flexibility index (Phi) is 4.07. The van der Waals surface area contributed by atoms with Crippen molar-refractivity contribution in [1.82, 2.24) is 4.31 Å². The second-order valence-electron chi connectivity index (χ2n) is 6.36. The lowest BCUT2D eigenvalue weighted by Gasteiger charge is -2.38. The highest BCUT2D eigenvalue weighted by Gasteiger charge is 2.36. The molecule has 2 heterocycles. The number of nitrogens with zero attached hydrogens (tertiary/aromatic N) is 2. The van der Waals surface area contributed by atoms with Gasteiger partial charge in [0.2, 0.25) is 10.0 Å². The zero-order valence-corrected chi connectivity index (χ0v) is 14.3. The lowest BCUT2D eigenvalue weighted by atomic mass is 10.0. The van der Waals surface area contributed by atoms with Crippen LogP contribution in [0.2, 0.25) is 0 Å². The second-order valence-corrected chi connectivity index (χ2v) is 8.21. The van der Waals surface area contributed by atoms with Crippen LogP contribution in [0.5, 0.6) is 5.75 Å². The molecule has 5 nitrogen and oxygen atoms in total. The fourth-order valence-electron chi connectivity index (χ4n) is 3.48. The minimum atomic E-state index is -3.47. The molecule has 2 aliphatic heterocycles. The van der Waals surface area contributed by atoms with Gasteiger partial charge in [0.15, 0.2) is 0 Å². The molecule has 0 aromatic heterocycles. The molecule has 22 heavy (non-hydrogen) atoms. The lowest BCUT2D eigenvalue weighted by Crippen LogP contribution is -2.47. The first-order valence-electron chi connectivity index (χ1n) is 7.93. The Hall–Kier alpha value is -1.27. The van der Waals surface area contributed by atoms with E-state index in [9.17, 15) is 8.42 Å². The first kappa shape index (κ1) is 15.6. The van der Waals surface area contributed by atoms with E-state index in [0.29, 0.717) is 11.5 Å². The van der Waals surface area contributed by atoms with Gasteiger partial charge in [-0.05, 0) is 44.9 Å². The first-order valence-corrected chi connectivity index (χ1v) is 9.37. The van der Waals surface area contributed by atoms with E-state index >= 15 is 0 Å². The molecule has 0 aliphatic carbocycles. The van der Waals surface area contributed by atoms with Crippen molar-refractivity contribution >= 4 is 15.7 Å². The third-order valence-electron chi connectivity index (χ3n) is 4.71. The largest absolute Gasteiger partial charge is 0.490 e. The maximum absolute atomic E-state index is 13.1. The molecule has 3 rings (SSSR count). The average Bonchev–Trinajstić information content (AvgIpc) is 2.47. The van der Waals surface area contributed by atoms with E-state index in [-0.39, 0.29) is 12.1 Å². The molecular formula is C16H24N2O3S. The molecule has 1 saturated heterocycles. The number of sulfonamides is 1. The number of piperidine rings is 1. The minimum absolute atomic E-state index is 0.0544. The second kappa shape index (κ2) is 5.74. The van der Waals surface area contributed by atoms with Crippen LogP contribution < -0.4 is 9.64 Å². The van der Waals surface area contributed by atoms with Crippen LogP contribution in [-0.2, 0) is 10.0 Å². The molecule has 0 N–H and O–H groups in total. The maximum Gasteiger partial charge on any atom is 0.243 e. The Balaban J connectivity index is 2.00. The van der Waals surface area contributed by atoms with Gasteiger partial charge in [-0.1, -0.05) is 6.42 Å². The van der Waals surface area contributed by atoms with E-state index in [1.54, 1.807) is 22.5 Å². The number of hydrogen-bond acceptors (Lipinski definition) is 4. The van der Waals surface area contributed by atoms with Gasteiger partial charge >= 0.3 is 0 Å². The molecule has 2 atom stereocenters. The standard InChI is InChI=1S/C16H24N2O3S/c1-12-5-4-6-13(2)18(12)22(19,20)14-7-8-16-15(11-14)17(3)9-10-21-16/h7-8,11-13H,4-6,9-10H2,1-3H3. The third-order valence-corrected chi connectivity index (χ3v) is 6.84. The molecule has 6 heteroatoms. The van der Waals surface area contributed by atoms with Gasteiger partial charge in [0.25, 0.3) is 0 Å². The summed E-state index contributed by atoms with van der Waals surface area (Å²) < 4.78 is 33.4. The number of hydrogen-bond donors (Lipinski definition) is 0. The normalized spacial score (nSPS) is 26.4. The predicted octanol–water partition coefficient (Wildman–Crippen LogP) is 2.47. The van der Waals surface area contributed by atoms with Crippen molar-refractivity contribution < 1.29 is 13.2 Å². The SMILES string of the molecule is CC1CCCC(C)N1S(=O)(=O)c1ccc2c(c1)N(C)CCO2. The van der Waals surface area contributed by atoms with Crippen LogP contribution in [0.1, 0.15) is 33.1 Å². The highest BCUT2D eigenvalue weighted by molar-refractivity contribution is 7.89. The van der Waals surface area contributed by atoms with Crippen molar-refractivity contribution in [3.63, 3.8) is 0 Å². The number of ether oxygens (including phenoxy) is 1. The topological polar surface area (TPSA) is 49.9 Å². The monoisotopic (exact) mass is 324 g/mol. The zero-order chi connectivity index (χ0) is 15.9. The number of anilines is 1. The van der Waals surface area contributed by atoms with Gasteiger partial charge in [0.1, 0.15) is 12.4 Å². The van der Waals surface area contributed by atoms with Crippen LogP contribution in [0.15, 0.2) is 23.1 Å². The Bertz CT molecular complexity index is 649. The van der Waals surface area contributed by atoms with E-state index in [1.807, 2.05) is 25.8 Å². The summed E-state index contributed by atoms with van der Waals surface area (Å²) >= 11 is 0. The van der Waals surface area contributed by atoms with Crippen LogP contribution in [0.3, 0.4) is 0 Å². The van der Waals surface area contributed by atoms with Crippen LogP contribution in [0, 0.1) is 0 Å². The van der Waals surface area contributed by atoms with Crippen LogP contribution >= 0.6 is 0 Å². The fourth-order valence-corrected chi connectivity index (χ4v) is 5.39. The Labute approximate surface area is 132 Å². The smallest absolute Gasteiger partial charge is 0.243 e. The zero-order valence-electron chi connectivity index (χ0n) is 13.4. The van der Waals surface area contributed by atoms with Gasteiger partial charge in [-0.3, -0.25) is 0 Å². The summed E-state index contributed by atoms with van der Waals surface area (Å²) in [4.78, 5) is 2.41. The Morgan fingerprint density at radius 3 is 2.55 bits per heavy atom. The predicted molar refractivity (Wildman–Crippen MR) is 87.0 cm³/mol. The van der Waals surface area contributed by atoms with E-state index in [2.05, 4.69) is 0 Å². The number of likely N-dealkylation sites (N-methyl/N-ethyl adjacent to an activating group) is 1. The molecular weight excluding hydrogens is 300 g/mol. The average molecular weight is 324 g/mol. The summed E-state index contributed by atoms with van der Waals surface area (Å²) in [5.41, 5.74) is 0.852. The molecule has 2 unspecified atom stereocenters. The quantitative estimate of drug-likeness (QED) is 0.838. The molecule has 1 fully saturated rings. The van der Waals surface area contributed by atoms with Gasteiger partial charge in [-0.2, -0.15) is 4.31 Å². The molecule has 0 bridgehead atoms. The summed E-state index contributed by atoms with van der Waals surface area (Å²) in [6, 6.07) is 5.30. The third kappa shape index (κ3) is 2.58. The Morgan fingerprint density at radius 2 is 1.86 bits per heavy atom. The van der Waals surface area contributed by atoms with Gasteiger partial charge < -0.3 is 9.64 Å². The van der Waals surface area contributed by atoms with Gasteiger partial charge in [0, 0.05) is 19.1 Å². The molecule has 1 aromatic rings. The van der Waals surface area contributed by atoms with E-state index in [0.717, 1.165) is 37.2 Å². The van der Waals surface area contributed by atoms with Crippen LogP contribution in [-0.4, -0.2) is 45.0 Å². The summed E-state index contributed by atoms with van der Waals surface area (Å²) in [5.74, 6) is 0.757. The number of rotatable bonds is 2. The summed E-state index contributed by atoms with van der Waals surface area (Å²) in [6.45, 7) is 5.41. The summed E-state index contributed by atoms with van der Waals surface area (Å²) in [5, 5.41) is 0. The highest BCUT2D eigenvalue weighted by Crippen LogP contribution is 2.36. The Morgan fingerprint density at radius 1 is 1.18 bits per heavy atom. The fraction of sp³-hybridized carbons (Fsp3) is 0.625. The van der Waals surface area contributed by atoms with Crippen molar-refractivity contribution in [3.8, 4) is 5.75 Å². The first-order chi connectivity index (χ1) is 10.4. The van der Waals surface area contributed by atoms with Crippen molar-refractivity contribution in [2.75, 3.05) is 25.1 Å². The molecule has 0 saturated carbocycles. The highest BCUT2D eigenvalue weighted by atomic mass is 32.2. The van der Waals surface area contributed by atoms with E-state index in [1.165, 1.54) is 0 Å². The van der Waals surface area contributed by atoms with Gasteiger partial charge in [-0.25, -0.2) is 8.42 Å². The summed E-state index contributed by atoms with van der Waals surface area (Å²) in [6.07, 6.45) is 2.95. The molecule has 0 spiro atoms. The molecule has 1 aromatic carbocycles. The molecule has 0 amide bonds. The van der Waals surface area contributed by atoms with E-state index < -0.39 is 10.0 Å². The van der Waals surface area contributed by atoms with E-state index in [4.69, 9.17) is 4.74 Å².